The molecule has 6 rings (SSSR count). The summed E-state index contributed by atoms with van der Waals surface area (Å²) in [5.74, 6) is -0.895. The fourth-order valence-corrected chi connectivity index (χ4v) is 5.96. The minimum absolute atomic E-state index is 0.0109. The van der Waals surface area contributed by atoms with Crippen LogP contribution in [0.5, 0.6) is 0 Å². The highest BCUT2D eigenvalue weighted by Crippen LogP contribution is 2.54. The van der Waals surface area contributed by atoms with Crippen LogP contribution in [0.3, 0.4) is 0 Å². The van der Waals surface area contributed by atoms with Crippen molar-refractivity contribution in [2.24, 2.45) is 23.7 Å². The van der Waals surface area contributed by atoms with Gasteiger partial charge in [-0.15, -0.1) is 0 Å². The Morgan fingerprint density at radius 2 is 1.68 bits per heavy atom. The lowest BCUT2D eigenvalue weighted by atomic mass is 9.85. The van der Waals surface area contributed by atoms with Gasteiger partial charge in [0.15, 0.2) is 0 Å². The first-order valence-electron chi connectivity index (χ1n) is 11.6. The number of hydrogen-bond donors (Lipinski definition) is 1. The molecule has 2 aromatic carbocycles. The summed E-state index contributed by atoms with van der Waals surface area (Å²) in [5, 5.41) is 2.92. The lowest BCUT2D eigenvalue weighted by Gasteiger charge is -2.29. The first-order valence-corrected chi connectivity index (χ1v) is 11.6. The molecule has 3 aromatic rings. The molecule has 3 amide bonds. The molecule has 7 heteroatoms. The van der Waals surface area contributed by atoms with Crippen LogP contribution >= 0.6 is 0 Å². The third-order valence-corrected chi connectivity index (χ3v) is 7.50. The molecule has 1 saturated heterocycles. The Balaban J connectivity index is 1.30. The summed E-state index contributed by atoms with van der Waals surface area (Å²) < 4.78 is 0. The second-order valence-corrected chi connectivity index (χ2v) is 9.43. The molecule has 3 aliphatic rings. The Hall–Kier alpha value is -3.87. The molecule has 170 valence electrons. The lowest BCUT2D eigenvalue weighted by molar-refractivity contribution is -0.144. The van der Waals surface area contributed by atoms with E-state index >= 15 is 0 Å². The zero-order valence-corrected chi connectivity index (χ0v) is 18.7. The molecule has 1 aliphatic heterocycles. The zero-order chi connectivity index (χ0) is 23.4. The Kier molecular flexibility index (Phi) is 4.79. The van der Waals surface area contributed by atoms with E-state index in [1.165, 1.54) is 4.90 Å². The number of nitrogens with zero attached hydrogens (tertiary/aromatic N) is 3. The summed E-state index contributed by atoms with van der Waals surface area (Å²) in [6, 6.07) is 12.3. The van der Waals surface area contributed by atoms with Crippen molar-refractivity contribution in [1.82, 2.24) is 14.9 Å². The number of likely N-dealkylation sites (tertiary alicyclic amines) is 1. The molecule has 1 N–H and O–H groups in total. The summed E-state index contributed by atoms with van der Waals surface area (Å²) in [4.78, 5) is 50.2. The van der Waals surface area contributed by atoms with Gasteiger partial charge in [-0.2, -0.15) is 0 Å². The number of benzene rings is 2. The number of allylic oxidation sites excluding steroid dienone is 2. The normalized spacial score (nSPS) is 25.7. The maximum Gasteiger partial charge on any atom is 0.234 e. The van der Waals surface area contributed by atoms with E-state index < -0.39 is 6.04 Å². The molecule has 2 aliphatic carbocycles. The van der Waals surface area contributed by atoms with Gasteiger partial charge in [-0.3, -0.25) is 29.3 Å². The maximum atomic E-state index is 13.5. The molecule has 2 bridgehead atoms. The summed E-state index contributed by atoms with van der Waals surface area (Å²) in [5.41, 5.74) is 3.78. The van der Waals surface area contributed by atoms with Crippen LogP contribution in [0.2, 0.25) is 0 Å². The number of carbonyl (C=O) groups excluding carboxylic acids is 3. The molecule has 0 spiro atoms. The molecular formula is C27H24N4O3. The minimum atomic E-state index is -0.647. The quantitative estimate of drug-likeness (QED) is 0.469. The summed E-state index contributed by atoms with van der Waals surface area (Å²) in [6.07, 6.45) is 8.25. The van der Waals surface area contributed by atoms with Gasteiger partial charge in [0, 0.05) is 18.1 Å². The number of aryl methyl sites for hydroxylation is 1. The van der Waals surface area contributed by atoms with Crippen LogP contribution < -0.4 is 5.32 Å². The molecule has 2 heterocycles. The monoisotopic (exact) mass is 452 g/mol. The van der Waals surface area contributed by atoms with Crippen molar-refractivity contribution in [3.8, 4) is 0 Å². The van der Waals surface area contributed by atoms with Crippen molar-refractivity contribution in [3.63, 3.8) is 0 Å². The molecule has 0 radical (unpaired) electrons. The number of carbonyl (C=O) groups is 3. The highest BCUT2D eigenvalue weighted by Gasteiger charge is 2.60. The fraction of sp³-hybridized carbons (Fsp3) is 0.296. The first-order chi connectivity index (χ1) is 16.5. The van der Waals surface area contributed by atoms with Crippen LogP contribution in [-0.2, 0) is 14.4 Å². The maximum absolute atomic E-state index is 13.5. The molecule has 7 nitrogen and oxygen atoms in total. The number of fused-ring (bicyclic) bond motifs is 6. The van der Waals surface area contributed by atoms with Crippen LogP contribution in [-0.4, -0.2) is 32.6 Å². The summed E-state index contributed by atoms with van der Waals surface area (Å²) >= 11 is 0. The van der Waals surface area contributed by atoms with E-state index in [9.17, 15) is 14.4 Å². The van der Waals surface area contributed by atoms with E-state index in [1.54, 1.807) is 30.6 Å². The number of amides is 3. The molecule has 2 fully saturated rings. The lowest BCUT2D eigenvalue weighted by Crippen LogP contribution is -2.38. The second-order valence-electron chi connectivity index (χ2n) is 9.43. The van der Waals surface area contributed by atoms with E-state index in [0.29, 0.717) is 11.2 Å². The van der Waals surface area contributed by atoms with Crippen LogP contribution in [0.25, 0.3) is 11.0 Å². The molecule has 5 atom stereocenters. The molecule has 34 heavy (non-hydrogen) atoms. The molecule has 1 aromatic heterocycles. The van der Waals surface area contributed by atoms with Crippen LogP contribution in [0.15, 0.2) is 67.0 Å². The van der Waals surface area contributed by atoms with Crippen molar-refractivity contribution in [2.75, 3.05) is 5.32 Å². The van der Waals surface area contributed by atoms with E-state index in [0.717, 1.165) is 23.1 Å². The van der Waals surface area contributed by atoms with Gasteiger partial charge >= 0.3 is 0 Å². The Labute approximate surface area is 196 Å². The van der Waals surface area contributed by atoms with Gasteiger partial charge in [-0.1, -0.05) is 36.4 Å². The number of aromatic nitrogens is 2. The third-order valence-electron chi connectivity index (χ3n) is 7.50. The number of hydrogen-bond acceptors (Lipinski definition) is 5. The van der Waals surface area contributed by atoms with Crippen LogP contribution in [0, 0.1) is 30.6 Å². The number of imide groups is 1. The summed E-state index contributed by atoms with van der Waals surface area (Å²) in [6.45, 7) is 1.94. The van der Waals surface area contributed by atoms with Crippen molar-refractivity contribution in [1.29, 1.82) is 0 Å². The third kappa shape index (κ3) is 3.22. The minimum Gasteiger partial charge on any atom is -0.326 e. The Bertz CT molecular complexity index is 1340. The average molecular weight is 453 g/mol. The van der Waals surface area contributed by atoms with Gasteiger partial charge in [0.05, 0.1) is 35.3 Å². The van der Waals surface area contributed by atoms with E-state index in [2.05, 4.69) is 27.4 Å². The van der Waals surface area contributed by atoms with Gasteiger partial charge in [-0.05, 0) is 54.5 Å². The predicted molar refractivity (Wildman–Crippen MR) is 126 cm³/mol. The molecule has 1 saturated carbocycles. The van der Waals surface area contributed by atoms with Crippen LogP contribution in [0.4, 0.5) is 5.69 Å². The van der Waals surface area contributed by atoms with Crippen molar-refractivity contribution < 1.29 is 14.4 Å². The zero-order valence-electron chi connectivity index (χ0n) is 18.7. The molecule has 5 unspecified atom stereocenters. The number of anilines is 1. The van der Waals surface area contributed by atoms with Crippen molar-refractivity contribution in [3.05, 3.63) is 78.1 Å². The number of nitrogens with one attached hydrogen (secondary N) is 1. The van der Waals surface area contributed by atoms with E-state index in [-0.39, 0.29) is 47.8 Å². The summed E-state index contributed by atoms with van der Waals surface area (Å²) in [7, 11) is 0. The Morgan fingerprint density at radius 1 is 1.00 bits per heavy atom. The van der Waals surface area contributed by atoms with Crippen molar-refractivity contribution in [2.45, 2.75) is 25.8 Å². The van der Waals surface area contributed by atoms with E-state index in [4.69, 9.17) is 0 Å². The predicted octanol–water partition coefficient (Wildman–Crippen LogP) is 3.82. The average Bonchev–Trinajstić information content (AvgIpc) is 3.52. The van der Waals surface area contributed by atoms with E-state index in [1.807, 2.05) is 31.2 Å². The van der Waals surface area contributed by atoms with Gasteiger partial charge < -0.3 is 5.32 Å². The smallest absolute Gasteiger partial charge is 0.234 e. The number of rotatable bonds is 5. The topological polar surface area (TPSA) is 92.3 Å². The SMILES string of the molecule is Cc1ccccc1C(CC(=O)Nc1ccc2nccnc2c1)N1C(=O)C2C3C=CC(C3)C2C1=O. The van der Waals surface area contributed by atoms with Gasteiger partial charge in [0.25, 0.3) is 0 Å². The second kappa shape index (κ2) is 7.87. The largest absolute Gasteiger partial charge is 0.326 e. The first kappa shape index (κ1) is 20.7. The van der Waals surface area contributed by atoms with Gasteiger partial charge in [0.2, 0.25) is 17.7 Å². The van der Waals surface area contributed by atoms with Gasteiger partial charge in [0.1, 0.15) is 0 Å². The van der Waals surface area contributed by atoms with Crippen LogP contribution in [0.1, 0.15) is 30.0 Å². The Morgan fingerprint density at radius 3 is 2.38 bits per heavy atom. The van der Waals surface area contributed by atoms with Gasteiger partial charge in [-0.25, -0.2) is 0 Å². The highest BCUT2D eigenvalue weighted by atomic mass is 16.2. The standard InChI is InChI=1S/C27H24N4O3/c1-15-4-2-3-5-19(15)22(31-26(33)24-16-6-7-17(12-16)25(24)27(31)34)14-23(32)30-18-8-9-20-21(13-18)29-11-10-28-20/h2-11,13,16-17,22,24-25H,12,14H2,1H3,(H,30,32). The fourth-order valence-electron chi connectivity index (χ4n) is 5.96. The van der Waals surface area contributed by atoms with Crippen molar-refractivity contribution >= 4 is 34.4 Å². The highest BCUT2D eigenvalue weighted by molar-refractivity contribution is 6.07. The molecular weight excluding hydrogens is 428 g/mol.